The second-order valence-corrected chi connectivity index (χ2v) is 3.54. The number of benzene rings is 1. The third-order valence-electron chi connectivity index (χ3n) is 1.73. The molecular weight excluding hydrogens is 259 g/mol. The number of anilines is 1. The summed E-state index contributed by atoms with van der Waals surface area (Å²) in [6.45, 7) is 5.63. The third-order valence-corrected chi connectivity index (χ3v) is 2.34. The van der Waals surface area contributed by atoms with Crippen LogP contribution >= 0.6 is 15.9 Å². The van der Waals surface area contributed by atoms with Crippen LogP contribution in [0.3, 0.4) is 0 Å². The van der Waals surface area contributed by atoms with Gasteiger partial charge in [0, 0.05) is 24.0 Å². The molecule has 0 bridgehead atoms. The van der Waals surface area contributed by atoms with Crippen molar-refractivity contribution in [1.29, 1.82) is 5.41 Å². The van der Waals surface area contributed by atoms with Crippen molar-refractivity contribution in [2.45, 2.75) is 20.8 Å². The van der Waals surface area contributed by atoms with Gasteiger partial charge in [0.2, 0.25) is 0 Å². The lowest BCUT2D eigenvalue weighted by Gasteiger charge is -2.08. The van der Waals surface area contributed by atoms with Crippen LogP contribution in [0.1, 0.15) is 26.3 Å². The lowest BCUT2D eigenvalue weighted by molar-refractivity contribution is 0.621. The van der Waals surface area contributed by atoms with Gasteiger partial charge in [-0.3, -0.25) is 0 Å². The van der Waals surface area contributed by atoms with Crippen molar-refractivity contribution in [3.63, 3.8) is 0 Å². The zero-order chi connectivity index (χ0) is 12.0. The fraction of sp³-hybridized carbons (Fsp3) is 0.364. The molecular formula is C11H16BrFN2. The quantitative estimate of drug-likeness (QED) is 0.785. The van der Waals surface area contributed by atoms with Crippen LogP contribution in [0.2, 0.25) is 0 Å². The topological polar surface area (TPSA) is 35.9 Å². The molecule has 0 radical (unpaired) electrons. The number of rotatable bonds is 2. The summed E-state index contributed by atoms with van der Waals surface area (Å²) in [5, 5.41) is 10.3. The summed E-state index contributed by atoms with van der Waals surface area (Å²) in [6.07, 6.45) is 0. The predicted octanol–water partition coefficient (Wildman–Crippen LogP) is 4.04. The third kappa shape index (κ3) is 3.63. The van der Waals surface area contributed by atoms with E-state index in [1.165, 1.54) is 6.07 Å². The zero-order valence-corrected chi connectivity index (χ0v) is 11.0. The van der Waals surface area contributed by atoms with Crippen LogP contribution < -0.4 is 5.32 Å². The monoisotopic (exact) mass is 274 g/mol. The number of nitrogens with one attached hydrogen (secondary N) is 2. The zero-order valence-electron chi connectivity index (χ0n) is 9.41. The standard InChI is InChI=1S/C9H10BrFN2.C2H6/c1-5(12)6-3-8(11)7(10)4-9(6)13-2;1-2/h3-4,12-13H,1-2H3;1-2H3. The van der Waals surface area contributed by atoms with Gasteiger partial charge in [-0.15, -0.1) is 0 Å². The Morgan fingerprint density at radius 1 is 1.40 bits per heavy atom. The van der Waals surface area contributed by atoms with E-state index in [2.05, 4.69) is 21.2 Å². The average molecular weight is 275 g/mol. The summed E-state index contributed by atoms with van der Waals surface area (Å²) in [7, 11) is 1.74. The first kappa shape index (κ1) is 14.1. The maximum absolute atomic E-state index is 13.1. The van der Waals surface area contributed by atoms with Gasteiger partial charge in [0.05, 0.1) is 4.47 Å². The number of halogens is 2. The van der Waals surface area contributed by atoms with E-state index in [4.69, 9.17) is 5.41 Å². The van der Waals surface area contributed by atoms with Gasteiger partial charge in [-0.2, -0.15) is 0 Å². The molecule has 0 unspecified atom stereocenters. The molecule has 1 aromatic rings. The van der Waals surface area contributed by atoms with E-state index >= 15 is 0 Å². The largest absolute Gasteiger partial charge is 0.388 e. The lowest BCUT2D eigenvalue weighted by Crippen LogP contribution is -2.01. The Morgan fingerprint density at radius 2 is 1.93 bits per heavy atom. The van der Waals surface area contributed by atoms with Gasteiger partial charge in [-0.1, -0.05) is 13.8 Å². The molecule has 84 valence electrons. The highest BCUT2D eigenvalue weighted by atomic mass is 79.9. The van der Waals surface area contributed by atoms with Crippen molar-refractivity contribution in [2.75, 3.05) is 12.4 Å². The Balaban J connectivity index is 0.000000921. The van der Waals surface area contributed by atoms with Gasteiger partial charge in [-0.25, -0.2) is 4.39 Å². The summed E-state index contributed by atoms with van der Waals surface area (Å²) >= 11 is 3.08. The first-order valence-electron chi connectivity index (χ1n) is 4.78. The molecule has 0 spiro atoms. The van der Waals surface area contributed by atoms with Crippen molar-refractivity contribution in [3.8, 4) is 0 Å². The molecule has 0 aliphatic carbocycles. The van der Waals surface area contributed by atoms with Gasteiger partial charge in [0.15, 0.2) is 0 Å². The van der Waals surface area contributed by atoms with E-state index in [-0.39, 0.29) is 5.82 Å². The Morgan fingerprint density at radius 3 is 2.33 bits per heavy atom. The number of hydrogen-bond acceptors (Lipinski definition) is 2. The highest BCUT2D eigenvalue weighted by Gasteiger charge is 2.08. The summed E-state index contributed by atoms with van der Waals surface area (Å²) in [6, 6.07) is 2.97. The van der Waals surface area contributed by atoms with Gasteiger partial charge >= 0.3 is 0 Å². The van der Waals surface area contributed by atoms with E-state index in [0.29, 0.717) is 15.7 Å². The molecule has 1 aromatic carbocycles. The maximum Gasteiger partial charge on any atom is 0.138 e. The molecule has 0 saturated carbocycles. The van der Waals surface area contributed by atoms with Gasteiger partial charge in [-0.05, 0) is 35.0 Å². The van der Waals surface area contributed by atoms with E-state index in [1.807, 2.05) is 13.8 Å². The summed E-state index contributed by atoms with van der Waals surface area (Å²) in [5.74, 6) is -0.347. The molecule has 0 atom stereocenters. The second-order valence-electron chi connectivity index (χ2n) is 2.69. The molecule has 0 saturated heterocycles. The van der Waals surface area contributed by atoms with Crippen molar-refractivity contribution in [1.82, 2.24) is 0 Å². The minimum atomic E-state index is -0.347. The lowest BCUT2D eigenvalue weighted by atomic mass is 10.1. The maximum atomic E-state index is 13.1. The minimum absolute atomic E-state index is 0.343. The van der Waals surface area contributed by atoms with Gasteiger partial charge in [0.25, 0.3) is 0 Å². The van der Waals surface area contributed by atoms with E-state index in [0.717, 1.165) is 5.69 Å². The molecule has 2 N–H and O–H groups in total. The molecule has 0 aromatic heterocycles. The summed E-state index contributed by atoms with van der Waals surface area (Å²) in [5.41, 5.74) is 1.68. The normalized spacial score (nSPS) is 8.93. The minimum Gasteiger partial charge on any atom is -0.388 e. The van der Waals surface area contributed by atoms with Crippen molar-refractivity contribution in [2.24, 2.45) is 0 Å². The van der Waals surface area contributed by atoms with Crippen LogP contribution in [0, 0.1) is 11.2 Å². The second kappa shape index (κ2) is 6.56. The van der Waals surface area contributed by atoms with E-state index in [1.54, 1.807) is 20.0 Å². The predicted molar refractivity (Wildman–Crippen MR) is 67.5 cm³/mol. The Kier molecular flexibility index (Phi) is 6.17. The Bertz CT molecular complexity index is 351. The van der Waals surface area contributed by atoms with Crippen LogP contribution in [0.25, 0.3) is 0 Å². The van der Waals surface area contributed by atoms with E-state index < -0.39 is 0 Å². The average Bonchev–Trinajstić information content (AvgIpc) is 2.24. The molecule has 0 aliphatic heterocycles. The molecule has 0 aliphatic rings. The van der Waals surface area contributed by atoms with Crippen molar-refractivity contribution < 1.29 is 4.39 Å². The Hall–Kier alpha value is -0.900. The molecule has 15 heavy (non-hydrogen) atoms. The SMILES string of the molecule is CC.CNc1cc(Br)c(F)cc1C(C)=N. The molecule has 0 amide bonds. The van der Waals surface area contributed by atoms with Crippen LogP contribution in [-0.4, -0.2) is 12.8 Å². The fourth-order valence-corrected chi connectivity index (χ4v) is 1.41. The first-order valence-corrected chi connectivity index (χ1v) is 5.58. The van der Waals surface area contributed by atoms with Crippen LogP contribution in [-0.2, 0) is 0 Å². The molecule has 1 rings (SSSR count). The van der Waals surface area contributed by atoms with Crippen molar-refractivity contribution >= 4 is 27.3 Å². The van der Waals surface area contributed by atoms with Gasteiger partial charge in [0.1, 0.15) is 5.82 Å². The summed E-state index contributed by atoms with van der Waals surface area (Å²) in [4.78, 5) is 0. The highest BCUT2D eigenvalue weighted by molar-refractivity contribution is 9.10. The van der Waals surface area contributed by atoms with Crippen molar-refractivity contribution in [3.05, 3.63) is 28.0 Å². The smallest absolute Gasteiger partial charge is 0.138 e. The highest BCUT2D eigenvalue weighted by Crippen LogP contribution is 2.24. The first-order chi connectivity index (χ1) is 7.06. The molecule has 4 heteroatoms. The van der Waals surface area contributed by atoms with Crippen LogP contribution in [0.5, 0.6) is 0 Å². The van der Waals surface area contributed by atoms with Crippen LogP contribution in [0.15, 0.2) is 16.6 Å². The molecule has 2 nitrogen and oxygen atoms in total. The van der Waals surface area contributed by atoms with Gasteiger partial charge < -0.3 is 10.7 Å². The van der Waals surface area contributed by atoms with Crippen LogP contribution in [0.4, 0.5) is 10.1 Å². The fourth-order valence-electron chi connectivity index (χ4n) is 1.06. The molecule has 0 fully saturated rings. The van der Waals surface area contributed by atoms with E-state index in [9.17, 15) is 4.39 Å². The Labute approximate surface area is 98.5 Å². The number of hydrogen-bond donors (Lipinski definition) is 2. The molecule has 0 heterocycles. The summed E-state index contributed by atoms with van der Waals surface area (Å²) < 4.78 is 13.5.